The molecular formula is C16H16N2S. The average Bonchev–Trinajstić information content (AvgIpc) is 2.95. The van der Waals surface area contributed by atoms with Crippen LogP contribution >= 0.6 is 11.3 Å². The molecule has 0 spiro atoms. The molecule has 0 N–H and O–H groups in total. The SMILES string of the molecule is CCC(C)c1csc(-c2ccc3ncccc3c2)n1. The van der Waals surface area contributed by atoms with Crippen molar-refractivity contribution in [3.8, 4) is 10.6 Å². The van der Waals surface area contributed by atoms with E-state index in [1.165, 1.54) is 16.6 Å². The van der Waals surface area contributed by atoms with Crippen molar-refractivity contribution < 1.29 is 0 Å². The predicted molar refractivity (Wildman–Crippen MR) is 81.6 cm³/mol. The lowest BCUT2D eigenvalue weighted by Crippen LogP contribution is -1.91. The van der Waals surface area contributed by atoms with Crippen LogP contribution in [0, 0.1) is 0 Å². The number of hydrogen-bond acceptors (Lipinski definition) is 3. The lowest BCUT2D eigenvalue weighted by Gasteiger charge is -2.03. The number of pyridine rings is 1. The zero-order chi connectivity index (χ0) is 13.2. The molecule has 3 rings (SSSR count). The van der Waals surface area contributed by atoms with Crippen LogP contribution in [0.15, 0.2) is 41.9 Å². The van der Waals surface area contributed by atoms with Crippen LogP contribution in [-0.4, -0.2) is 9.97 Å². The van der Waals surface area contributed by atoms with E-state index >= 15 is 0 Å². The van der Waals surface area contributed by atoms with Crippen LogP contribution in [-0.2, 0) is 0 Å². The van der Waals surface area contributed by atoms with Gasteiger partial charge in [-0.05, 0) is 36.6 Å². The molecule has 1 atom stereocenters. The van der Waals surface area contributed by atoms with Crippen LogP contribution in [0.25, 0.3) is 21.5 Å². The molecule has 19 heavy (non-hydrogen) atoms. The molecule has 0 aliphatic rings. The van der Waals surface area contributed by atoms with E-state index < -0.39 is 0 Å². The third-order valence-corrected chi connectivity index (χ3v) is 4.40. The maximum absolute atomic E-state index is 4.76. The van der Waals surface area contributed by atoms with Crippen molar-refractivity contribution in [2.24, 2.45) is 0 Å². The predicted octanol–water partition coefficient (Wildman–Crippen LogP) is 4.87. The quantitative estimate of drug-likeness (QED) is 0.677. The topological polar surface area (TPSA) is 25.8 Å². The van der Waals surface area contributed by atoms with E-state index in [1.807, 2.05) is 12.3 Å². The minimum Gasteiger partial charge on any atom is -0.256 e. The molecule has 2 heterocycles. The van der Waals surface area contributed by atoms with Crippen LogP contribution in [0.5, 0.6) is 0 Å². The molecule has 0 radical (unpaired) electrons. The maximum Gasteiger partial charge on any atom is 0.123 e. The van der Waals surface area contributed by atoms with Crippen LogP contribution in [0.4, 0.5) is 0 Å². The Labute approximate surface area is 117 Å². The molecule has 2 nitrogen and oxygen atoms in total. The van der Waals surface area contributed by atoms with Crippen molar-refractivity contribution in [1.82, 2.24) is 9.97 Å². The highest BCUT2D eigenvalue weighted by Crippen LogP contribution is 2.29. The number of rotatable bonds is 3. The molecule has 1 unspecified atom stereocenters. The van der Waals surface area contributed by atoms with Crippen LogP contribution < -0.4 is 0 Å². The van der Waals surface area contributed by atoms with Gasteiger partial charge in [0.25, 0.3) is 0 Å². The van der Waals surface area contributed by atoms with Crippen LogP contribution in [0.3, 0.4) is 0 Å². The second-order valence-corrected chi connectivity index (χ2v) is 5.66. The summed E-state index contributed by atoms with van der Waals surface area (Å²) >= 11 is 1.72. The standard InChI is InChI=1S/C16H16N2S/c1-3-11(2)15-10-19-16(18-15)13-6-7-14-12(9-13)5-4-8-17-14/h4-11H,3H2,1-2H3. The molecule has 0 bridgehead atoms. The van der Waals surface area contributed by atoms with E-state index in [-0.39, 0.29) is 0 Å². The van der Waals surface area contributed by atoms with Gasteiger partial charge in [0.15, 0.2) is 0 Å². The summed E-state index contributed by atoms with van der Waals surface area (Å²) in [6.45, 7) is 4.43. The highest BCUT2D eigenvalue weighted by molar-refractivity contribution is 7.13. The Kier molecular flexibility index (Phi) is 3.30. The molecule has 0 saturated heterocycles. The van der Waals surface area contributed by atoms with E-state index in [9.17, 15) is 0 Å². The first kappa shape index (κ1) is 12.3. The van der Waals surface area contributed by atoms with Gasteiger partial charge in [-0.2, -0.15) is 0 Å². The Morgan fingerprint density at radius 3 is 3.00 bits per heavy atom. The second-order valence-electron chi connectivity index (χ2n) is 4.80. The van der Waals surface area contributed by atoms with Gasteiger partial charge in [0.2, 0.25) is 0 Å². The fourth-order valence-electron chi connectivity index (χ4n) is 2.06. The first-order valence-corrected chi connectivity index (χ1v) is 7.46. The summed E-state index contributed by atoms with van der Waals surface area (Å²) in [5.74, 6) is 0.534. The van der Waals surface area contributed by atoms with Crippen molar-refractivity contribution in [2.75, 3.05) is 0 Å². The first-order chi connectivity index (χ1) is 9.28. The molecule has 0 aliphatic carbocycles. The molecule has 0 aliphatic heterocycles. The van der Waals surface area contributed by atoms with Gasteiger partial charge in [0, 0.05) is 22.5 Å². The lowest BCUT2D eigenvalue weighted by molar-refractivity contribution is 0.714. The Hall–Kier alpha value is -1.74. The molecule has 3 heteroatoms. The highest BCUT2D eigenvalue weighted by atomic mass is 32.1. The van der Waals surface area contributed by atoms with Gasteiger partial charge in [0.05, 0.1) is 11.2 Å². The van der Waals surface area contributed by atoms with Crippen molar-refractivity contribution in [3.63, 3.8) is 0 Å². The zero-order valence-electron chi connectivity index (χ0n) is 11.1. The van der Waals surface area contributed by atoms with Crippen molar-refractivity contribution >= 4 is 22.2 Å². The molecule has 3 aromatic rings. The molecular weight excluding hydrogens is 252 g/mol. The van der Waals surface area contributed by atoms with Gasteiger partial charge in [-0.1, -0.05) is 19.9 Å². The number of thiazole rings is 1. The van der Waals surface area contributed by atoms with Gasteiger partial charge in [-0.15, -0.1) is 11.3 Å². The van der Waals surface area contributed by atoms with Crippen molar-refractivity contribution in [1.29, 1.82) is 0 Å². The summed E-state index contributed by atoms with van der Waals surface area (Å²) in [4.78, 5) is 9.10. The first-order valence-electron chi connectivity index (χ1n) is 6.58. The summed E-state index contributed by atoms with van der Waals surface area (Å²) in [5, 5.41) is 4.44. The summed E-state index contributed by atoms with van der Waals surface area (Å²) in [5.41, 5.74) is 3.42. The average molecular weight is 268 g/mol. The third kappa shape index (κ3) is 2.38. The van der Waals surface area contributed by atoms with Gasteiger partial charge in [0.1, 0.15) is 5.01 Å². The molecule has 0 amide bonds. The van der Waals surface area contributed by atoms with E-state index in [4.69, 9.17) is 4.98 Å². The summed E-state index contributed by atoms with van der Waals surface area (Å²) in [6.07, 6.45) is 2.96. The molecule has 96 valence electrons. The third-order valence-electron chi connectivity index (χ3n) is 3.49. The van der Waals surface area contributed by atoms with E-state index in [1.54, 1.807) is 11.3 Å². The largest absolute Gasteiger partial charge is 0.256 e. The van der Waals surface area contributed by atoms with Crippen molar-refractivity contribution in [2.45, 2.75) is 26.2 Å². The minimum atomic E-state index is 0.534. The van der Waals surface area contributed by atoms with Gasteiger partial charge in [-0.3, -0.25) is 4.98 Å². The second kappa shape index (κ2) is 5.10. The molecule has 0 saturated carbocycles. The number of nitrogens with zero attached hydrogens (tertiary/aromatic N) is 2. The number of fused-ring (bicyclic) bond motifs is 1. The van der Waals surface area contributed by atoms with Gasteiger partial charge < -0.3 is 0 Å². The van der Waals surface area contributed by atoms with Gasteiger partial charge >= 0.3 is 0 Å². The minimum absolute atomic E-state index is 0.534. The monoisotopic (exact) mass is 268 g/mol. The Balaban J connectivity index is 2.01. The molecule has 1 aromatic carbocycles. The zero-order valence-corrected chi connectivity index (χ0v) is 11.9. The van der Waals surface area contributed by atoms with E-state index in [0.29, 0.717) is 5.92 Å². The summed E-state index contributed by atoms with van der Waals surface area (Å²) < 4.78 is 0. The smallest absolute Gasteiger partial charge is 0.123 e. The highest BCUT2D eigenvalue weighted by Gasteiger charge is 2.10. The Morgan fingerprint density at radius 2 is 2.16 bits per heavy atom. The van der Waals surface area contributed by atoms with Crippen LogP contribution in [0.1, 0.15) is 31.9 Å². The fourth-order valence-corrected chi connectivity index (χ4v) is 3.00. The van der Waals surface area contributed by atoms with Crippen LogP contribution in [0.2, 0.25) is 0 Å². The number of aromatic nitrogens is 2. The van der Waals surface area contributed by atoms with E-state index in [0.717, 1.165) is 16.9 Å². The fraction of sp³-hybridized carbons (Fsp3) is 0.250. The summed E-state index contributed by atoms with van der Waals surface area (Å²) in [6, 6.07) is 10.4. The van der Waals surface area contributed by atoms with Crippen molar-refractivity contribution in [3.05, 3.63) is 47.6 Å². The maximum atomic E-state index is 4.76. The summed E-state index contributed by atoms with van der Waals surface area (Å²) in [7, 11) is 0. The number of hydrogen-bond donors (Lipinski definition) is 0. The van der Waals surface area contributed by atoms with E-state index in [2.05, 4.69) is 48.5 Å². The Bertz CT molecular complexity index is 703. The lowest BCUT2D eigenvalue weighted by atomic mass is 10.1. The van der Waals surface area contributed by atoms with Gasteiger partial charge in [-0.25, -0.2) is 4.98 Å². The Morgan fingerprint density at radius 1 is 1.26 bits per heavy atom. The molecule has 2 aromatic heterocycles. The molecule has 0 fully saturated rings. The normalized spacial score (nSPS) is 12.7. The number of benzene rings is 1.